The lowest BCUT2D eigenvalue weighted by Gasteiger charge is -2.37. The SMILES string of the molecule is CC(C)N1CCN(C(=O)c2ccc3c(C4CCN(S(C)(=O)=O)CC4)c[nH]c3c2)CC1. The molecule has 0 unspecified atom stereocenters. The third-order valence-corrected chi connectivity index (χ3v) is 7.96. The summed E-state index contributed by atoms with van der Waals surface area (Å²) in [6.07, 6.45) is 4.95. The van der Waals surface area contributed by atoms with E-state index in [1.54, 1.807) is 4.31 Å². The summed E-state index contributed by atoms with van der Waals surface area (Å²) in [4.78, 5) is 20.7. The number of fused-ring (bicyclic) bond motifs is 1. The van der Waals surface area contributed by atoms with Gasteiger partial charge < -0.3 is 9.88 Å². The molecule has 1 aromatic carbocycles. The Morgan fingerprint density at radius 3 is 2.33 bits per heavy atom. The number of carbonyl (C=O) groups excluding carboxylic acids is 1. The monoisotopic (exact) mass is 432 g/mol. The maximum Gasteiger partial charge on any atom is 0.254 e. The van der Waals surface area contributed by atoms with Crippen molar-refractivity contribution in [3.8, 4) is 0 Å². The van der Waals surface area contributed by atoms with Crippen LogP contribution in [0.3, 0.4) is 0 Å². The van der Waals surface area contributed by atoms with Crippen molar-refractivity contribution in [1.29, 1.82) is 0 Å². The number of hydrogen-bond donors (Lipinski definition) is 1. The molecule has 30 heavy (non-hydrogen) atoms. The number of carbonyl (C=O) groups is 1. The molecule has 8 heteroatoms. The molecule has 0 spiro atoms. The predicted octanol–water partition coefficient (Wildman–Crippen LogP) is 2.47. The lowest BCUT2D eigenvalue weighted by atomic mass is 9.90. The highest BCUT2D eigenvalue weighted by Gasteiger charge is 2.28. The van der Waals surface area contributed by atoms with Gasteiger partial charge in [0.1, 0.15) is 0 Å². The quantitative estimate of drug-likeness (QED) is 0.805. The number of nitrogens with one attached hydrogen (secondary N) is 1. The van der Waals surface area contributed by atoms with Gasteiger partial charge in [0.15, 0.2) is 0 Å². The van der Waals surface area contributed by atoms with E-state index in [0.29, 0.717) is 25.0 Å². The molecule has 0 radical (unpaired) electrons. The van der Waals surface area contributed by atoms with Crippen molar-refractivity contribution in [2.45, 2.75) is 38.6 Å². The molecule has 2 aliphatic rings. The van der Waals surface area contributed by atoms with Crippen molar-refractivity contribution in [3.63, 3.8) is 0 Å². The second-order valence-electron chi connectivity index (χ2n) is 8.86. The molecule has 0 saturated carbocycles. The average Bonchev–Trinajstić information content (AvgIpc) is 3.16. The van der Waals surface area contributed by atoms with Gasteiger partial charge in [0.25, 0.3) is 5.91 Å². The van der Waals surface area contributed by atoms with Gasteiger partial charge in [-0.15, -0.1) is 0 Å². The summed E-state index contributed by atoms with van der Waals surface area (Å²) in [7, 11) is -3.11. The molecule has 1 N–H and O–H groups in total. The normalized spacial score (nSPS) is 20.3. The summed E-state index contributed by atoms with van der Waals surface area (Å²) in [6, 6.07) is 6.45. The Morgan fingerprint density at radius 2 is 1.73 bits per heavy atom. The van der Waals surface area contributed by atoms with E-state index in [1.807, 2.05) is 29.3 Å². The number of rotatable bonds is 4. The Kier molecular flexibility index (Phi) is 5.92. The smallest absolute Gasteiger partial charge is 0.254 e. The largest absolute Gasteiger partial charge is 0.361 e. The van der Waals surface area contributed by atoms with Crippen LogP contribution in [-0.4, -0.2) is 85.0 Å². The Labute approximate surface area is 179 Å². The predicted molar refractivity (Wildman–Crippen MR) is 119 cm³/mol. The number of hydrogen-bond acceptors (Lipinski definition) is 4. The first-order valence-corrected chi connectivity index (χ1v) is 12.7. The van der Waals surface area contributed by atoms with E-state index < -0.39 is 10.0 Å². The van der Waals surface area contributed by atoms with Crippen LogP contribution in [0.5, 0.6) is 0 Å². The van der Waals surface area contributed by atoms with E-state index >= 15 is 0 Å². The molecule has 4 rings (SSSR count). The van der Waals surface area contributed by atoms with Crippen molar-refractivity contribution < 1.29 is 13.2 Å². The minimum atomic E-state index is -3.11. The van der Waals surface area contributed by atoms with Crippen LogP contribution in [0.4, 0.5) is 0 Å². The Bertz CT molecular complexity index is 1010. The van der Waals surface area contributed by atoms with E-state index in [-0.39, 0.29) is 5.91 Å². The molecule has 2 aliphatic heterocycles. The number of nitrogens with zero attached hydrogens (tertiary/aromatic N) is 3. The first-order valence-electron chi connectivity index (χ1n) is 10.8. The molecule has 7 nitrogen and oxygen atoms in total. The van der Waals surface area contributed by atoms with Crippen molar-refractivity contribution in [2.24, 2.45) is 0 Å². The number of piperidine rings is 1. The molecule has 3 heterocycles. The van der Waals surface area contributed by atoms with Crippen molar-refractivity contribution >= 4 is 26.8 Å². The van der Waals surface area contributed by atoms with Crippen molar-refractivity contribution in [2.75, 3.05) is 45.5 Å². The first-order chi connectivity index (χ1) is 14.2. The van der Waals surface area contributed by atoms with E-state index in [0.717, 1.165) is 55.5 Å². The van der Waals surface area contributed by atoms with Crippen molar-refractivity contribution in [1.82, 2.24) is 19.1 Å². The summed E-state index contributed by atoms with van der Waals surface area (Å²) >= 11 is 0. The lowest BCUT2D eigenvalue weighted by molar-refractivity contribution is 0.0595. The lowest BCUT2D eigenvalue weighted by Crippen LogP contribution is -2.50. The van der Waals surface area contributed by atoms with E-state index in [2.05, 4.69) is 23.7 Å². The average molecular weight is 433 g/mol. The van der Waals surface area contributed by atoms with Gasteiger partial charge >= 0.3 is 0 Å². The van der Waals surface area contributed by atoms with Crippen LogP contribution in [-0.2, 0) is 10.0 Å². The first kappa shape index (κ1) is 21.3. The third kappa shape index (κ3) is 4.26. The van der Waals surface area contributed by atoms with Crippen LogP contribution in [0, 0.1) is 0 Å². The van der Waals surface area contributed by atoms with Crippen LogP contribution < -0.4 is 0 Å². The van der Waals surface area contributed by atoms with Gasteiger partial charge in [0.2, 0.25) is 10.0 Å². The molecule has 1 aromatic heterocycles. The van der Waals surface area contributed by atoms with E-state index in [9.17, 15) is 13.2 Å². The van der Waals surface area contributed by atoms with Gasteiger partial charge in [-0.2, -0.15) is 0 Å². The fourth-order valence-electron chi connectivity index (χ4n) is 4.74. The van der Waals surface area contributed by atoms with Gasteiger partial charge in [-0.3, -0.25) is 9.69 Å². The fourth-order valence-corrected chi connectivity index (χ4v) is 5.62. The second-order valence-corrected chi connectivity index (χ2v) is 10.8. The van der Waals surface area contributed by atoms with E-state index in [4.69, 9.17) is 0 Å². The molecule has 1 amide bonds. The zero-order valence-electron chi connectivity index (χ0n) is 18.1. The van der Waals surface area contributed by atoms with Gasteiger partial charge in [-0.25, -0.2) is 12.7 Å². The highest BCUT2D eigenvalue weighted by molar-refractivity contribution is 7.88. The van der Waals surface area contributed by atoms with Gasteiger partial charge in [0.05, 0.1) is 6.26 Å². The number of benzene rings is 1. The highest BCUT2D eigenvalue weighted by Crippen LogP contribution is 2.34. The molecule has 2 aromatic rings. The van der Waals surface area contributed by atoms with Crippen molar-refractivity contribution in [3.05, 3.63) is 35.5 Å². The molecule has 2 fully saturated rings. The Hall–Kier alpha value is -1.90. The summed E-state index contributed by atoms with van der Waals surface area (Å²) in [5.74, 6) is 0.431. The summed E-state index contributed by atoms with van der Waals surface area (Å²) in [5, 5.41) is 1.13. The number of aromatic amines is 1. The topological polar surface area (TPSA) is 76.7 Å². The number of amides is 1. The van der Waals surface area contributed by atoms with Crippen LogP contribution in [0.15, 0.2) is 24.4 Å². The molecule has 0 aliphatic carbocycles. The molecule has 2 saturated heterocycles. The third-order valence-electron chi connectivity index (χ3n) is 6.66. The minimum absolute atomic E-state index is 0.0953. The molecule has 164 valence electrons. The van der Waals surface area contributed by atoms with Crippen LogP contribution >= 0.6 is 0 Å². The van der Waals surface area contributed by atoms with Crippen LogP contribution in [0.25, 0.3) is 10.9 Å². The molecular weight excluding hydrogens is 400 g/mol. The second kappa shape index (κ2) is 8.32. The fraction of sp³-hybridized carbons (Fsp3) is 0.591. The van der Waals surface area contributed by atoms with E-state index in [1.165, 1.54) is 11.8 Å². The van der Waals surface area contributed by atoms with Gasteiger partial charge in [0, 0.05) is 68.0 Å². The maximum atomic E-state index is 13.0. The zero-order valence-corrected chi connectivity index (χ0v) is 18.9. The summed E-state index contributed by atoms with van der Waals surface area (Å²) in [5.41, 5.74) is 2.92. The number of H-pyrrole nitrogens is 1. The minimum Gasteiger partial charge on any atom is -0.361 e. The highest BCUT2D eigenvalue weighted by atomic mass is 32.2. The molecular formula is C22H32N4O3S. The standard InChI is InChI=1S/C22H32N4O3S/c1-16(2)24-10-12-25(13-11-24)22(27)18-4-5-19-20(15-23-21(19)14-18)17-6-8-26(9-7-17)30(3,28)29/h4-5,14-17,23H,6-13H2,1-3H3. The number of piperazine rings is 1. The number of sulfonamides is 1. The maximum absolute atomic E-state index is 13.0. The van der Waals surface area contributed by atoms with Gasteiger partial charge in [-0.1, -0.05) is 6.07 Å². The molecule has 0 atom stereocenters. The number of aromatic nitrogens is 1. The zero-order chi connectivity index (χ0) is 21.5. The summed E-state index contributed by atoms with van der Waals surface area (Å²) in [6.45, 7) is 8.89. The Morgan fingerprint density at radius 1 is 1.07 bits per heavy atom. The summed E-state index contributed by atoms with van der Waals surface area (Å²) < 4.78 is 25.1. The van der Waals surface area contributed by atoms with Gasteiger partial charge in [-0.05, 0) is 50.3 Å². The Balaban J connectivity index is 1.46. The van der Waals surface area contributed by atoms with Crippen LogP contribution in [0.1, 0.15) is 48.5 Å². The molecule has 0 bridgehead atoms. The van der Waals surface area contributed by atoms with Crippen LogP contribution in [0.2, 0.25) is 0 Å².